The van der Waals surface area contributed by atoms with Crippen LogP contribution in [0, 0.1) is 0 Å². The molecular formula is C22H27N3O3S. The first-order valence-electron chi connectivity index (χ1n) is 9.53. The minimum atomic E-state index is -0.308. The van der Waals surface area contributed by atoms with Crippen LogP contribution in [0.5, 0.6) is 5.75 Å². The lowest BCUT2D eigenvalue weighted by atomic mass is 10.1. The van der Waals surface area contributed by atoms with Crippen LogP contribution in [0.2, 0.25) is 0 Å². The number of nitrogens with one attached hydrogen (secondary N) is 2. The molecule has 2 amide bonds. The van der Waals surface area contributed by atoms with Gasteiger partial charge in [-0.2, -0.15) is 0 Å². The standard InChI is InChI=1S/C22H27N3O3S/c1-4-13-28-19-10-6-8-17(15-19)21(27)24-22(29)23-18-9-5-7-16(14-18)11-12-20(26)25(2)3/h5-10,14-15H,4,11-13H2,1-3H3,(H2,23,24,27,29). The van der Waals surface area contributed by atoms with E-state index in [0.29, 0.717) is 30.8 Å². The topological polar surface area (TPSA) is 70.7 Å². The van der Waals surface area contributed by atoms with Gasteiger partial charge in [0.1, 0.15) is 5.75 Å². The van der Waals surface area contributed by atoms with Gasteiger partial charge < -0.3 is 15.0 Å². The van der Waals surface area contributed by atoms with Gasteiger partial charge in [-0.3, -0.25) is 14.9 Å². The number of ether oxygens (including phenoxy) is 1. The average Bonchev–Trinajstić information content (AvgIpc) is 2.70. The van der Waals surface area contributed by atoms with Crippen molar-refractivity contribution in [3.63, 3.8) is 0 Å². The number of aryl methyl sites for hydroxylation is 1. The predicted molar refractivity (Wildman–Crippen MR) is 119 cm³/mol. The summed E-state index contributed by atoms with van der Waals surface area (Å²) in [6.07, 6.45) is 1.97. The molecule has 6 nitrogen and oxygen atoms in total. The highest BCUT2D eigenvalue weighted by Crippen LogP contribution is 2.15. The van der Waals surface area contributed by atoms with Crippen LogP contribution in [0.1, 0.15) is 35.7 Å². The fourth-order valence-electron chi connectivity index (χ4n) is 2.56. The lowest BCUT2D eigenvalue weighted by Gasteiger charge is -2.12. The minimum absolute atomic E-state index is 0.0799. The Bertz CT molecular complexity index is 868. The smallest absolute Gasteiger partial charge is 0.257 e. The summed E-state index contributed by atoms with van der Waals surface area (Å²) in [5.41, 5.74) is 2.24. The normalized spacial score (nSPS) is 10.2. The van der Waals surface area contributed by atoms with E-state index in [4.69, 9.17) is 17.0 Å². The Morgan fingerprint density at radius 3 is 2.59 bits per heavy atom. The Hall–Kier alpha value is -2.93. The van der Waals surface area contributed by atoms with Crippen LogP contribution < -0.4 is 15.4 Å². The minimum Gasteiger partial charge on any atom is -0.494 e. The van der Waals surface area contributed by atoms with Crippen molar-refractivity contribution in [2.75, 3.05) is 26.0 Å². The first-order valence-corrected chi connectivity index (χ1v) is 9.94. The molecule has 0 aliphatic carbocycles. The highest BCUT2D eigenvalue weighted by Gasteiger charge is 2.10. The summed E-state index contributed by atoms with van der Waals surface area (Å²) in [5.74, 6) is 0.423. The molecule has 0 saturated heterocycles. The maximum Gasteiger partial charge on any atom is 0.257 e. The summed E-state index contributed by atoms with van der Waals surface area (Å²) in [6, 6.07) is 14.6. The van der Waals surface area contributed by atoms with E-state index < -0.39 is 0 Å². The maximum absolute atomic E-state index is 12.4. The lowest BCUT2D eigenvalue weighted by Crippen LogP contribution is -2.34. The van der Waals surface area contributed by atoms with E-state index in [-0.39, 0.29) is 16.9 Å². The molecule has 0 aliphatic heterocycles. The molecule has 154 valence electrons. The second-order valence-corrected chi connectivity index (χ2v) is 7.18. The molecule has 0 fully saturated rings. The van der Waals surface area contributed by atoms with Crippen molar-refractivity contribution in [3.05, 3.63) is 59.7 Å². The molecule has 0 saturated carbocycles. The van der Waals surface area contributed by atoms with Crippen LogP contribution in [-0.2, 0) is 11.2 Å². The zero-order chi connectivity index (χ0) is 21.2. The van der Waals surface area contributed by atoms with Crippen LogP contribution in [0.15, 0.2) is 48.5 Å². The van der Waals surface area contributed by atoms with E-state index in [1.807, 2.05) is 37.3 Å². The van der Waals surface area contributed by atoms with Gasteiger partial charge in [0.05, 0.1) is 6.61 Å². The molecule has 0 heterocycles. The molecule has 0 aromatic heterocycles. The van der Waals surface area contributed by atoms with Gasteiger partial charge in [0.15, 0.2) is 5.11 Å². The summed E-state index contributed by atoms with van der Waals surface area (Å²) in [4.78, 5) is 25.8. The summed E-state index contributed by atoms with van der Waals surface area (Å²) in [5, 5.41) is 5.90. The van der Waals surface area contributed by atoms with Crippen molar-refractivity contribution in [3.8, 4) is 5.75 Å². The zero-order valence-electron chi connectivity index (χ0n) is 17.0. The highest BCUT2D eigenvalue weighted by molar-refractivity contribution is 7.80. The number of thiocarbonyl (C=S) groups is 1. The first-order chi connectivity index (χ1) is 13.9. The zero-order valence-corrected chi connectivity index (χ0v) is 17.8. The Kier molecular flexibility index (Phi) is 8.61. The second kappa shape index (κ2) is 11.2. The number of carbonyl (C=O) groups is 2. The Balaban J connectivity index is 1.92. The molecule has 7 heteroatoms. The van der Waals surface area contributed by atoms with Crippen molar-refractivity contribution in [2.45, 2.75) is 26.2 Å². The summed E-state index contributed by atoms with van der Waals surface area (Å²) in [6.45, 7) is 2.62. The molecule has 0 aliphatic rings. The summed E-state index contributed by atoms with van der Waals surface area (Å²) >= 11 is 5.26. The number of nitrogens with zero attached hydrogens (tertiary/aromatic N) is 1. The summed E-state index contributed by atoms with van der Waals surface area (Å²) in [7, 11) is 3.49. The van der Waals surface area contributed by atoms with Gasteiger partial charge in [0, 0.05) is 31.8 Å². The van der Waals surface area contributed by atoms with Gasteiger partial charge in [0.2, 0.25) is 5.91 Å². The van der Waals surface area contributed by atoms with Gasteiger partial charge >= 0.3 is 0 Å². The molecular weight excluding hydrogens is 386 g/mol. The molecule has 0 atom stereocenters. The van der Waals surface area contributed by atoms with Gasteiger partial charge in [-0.15, -0.1) is 0 Å². The Morgan fingerprint density at radius 1 is 1.10 bits per heavy atom. The van der Waals surface area contributed by atoms with E-state index in [2.05, 4.69) is 10.6 Å². The third-order valence-corrected chi connectivity index (χ3v) is 4.31. The molecule has 2 N–H and O–H groups in total. The van der Waals surface area contributed by atoms with Gasteiger partial charge in [-0.25, -0.2) is 0 Å². The summed E-state index contributed by atoms with van der Waals surface area (Å²) < 4.78 is 5.56. The van der Waals surface area contributed by atoms with Crippen LogP contribution in [-0.4, -0.2) is 42.5 Å². The molecule has 2 aromatic carbocycles. The molecule has 0 unspecified atom stereocenters. The fourth-order valence-corrected chi connectivity index (χ4v) is 2.77. The number of amides is 2. The monoisotopic (exact) mass is 413 g/mol. The quantitative estimate of drug-likeness (QED) is 0.647. The molecule has 29 heavy (non-hydrogen) atoms. The Labute approximate surface area is 177 Å². The molecule has 0 radical (unpaired) electrons. The van der Waals surface area contributed by atoms with Crippen molar-refractivity contribution in [1.82, 2.24) is 10.2 Å². The number of benzene rings is 2. The number of carbonyl (C=O) groups excluding carboxylic acids is 2. The lowest BCUT2D eigenvalue weighted by molar-refractivity contribution is -0.128. The van der Waals surface area contributed by atoms with E-state index in [9.17, 15) is 9.59 Å². The molecule has 0 spiro atoms. The highest BCUT2D eigenvalue weighted by atomic mass is 32.1. The van der Waals surface area contributed by atoms with Gasteiger partial charge in [-0.1, -0.05) is 25.1 Å². The largest absolute Gasteiger partial charge is 0.494 e. The fraction of sp³-hybridized carbons (Fsp3) is 0.318. The van der Waals surface area contributed by atoms with E-state index in [0.717, 1.165) is 17.7 Å². The molecule has 2 aromatic rings. The van der Waals surface area contributed by atoms with Crippen molar-refractivity contribution >= 4 is 34.8 Å². The van der Waals surface area contributed by atoms with Crippen molar-refractivity contribution in [2.24, 2.45) is 0 Å². The third kappa shape index (κ3) is 7.54. The molecule has 0 bridgehead atoms. The SMILES string of the molecule is CCCOc1cccc(C(=O)NC(=S)Nc2cccc(CCC(=O)N(C)C)c2)c1. The number of hydrogen-bond donors (Lipinski definition) is 2. The predicted octanol–water partition coefficient (Wildman–Crippen LogP) is 3.62. The number of anilines is 1. The van der Waals surface area contributed by atoms with Crippen LogP contribution in [0.25, 0.3) is 0 Å². The van der Waals surface area contributed by atoms with E-state index >= 15 is 0 Å². The van der Waals surface area contributed by atoms with Gasteiger partial charge in [-0.05, 0) is 61.0 Å². The number of hydrogen-bond acceptors (Lipinski definition) is 4. The van der Waals surface area contributed by atoms with Crippen molar-refractivity contribution in [1.29, 1.82) is 0 Å². The third-order valence-electron chi connectivity index (χ3n) is 4.11. The van der Waals surface area contributed by atoms with Gasteiger partial charge in [0.25, 0.3) is 5.91 Å². The molecule has 2 rings (SSSR count). The van der Waals surface area contributed by atoms with Crippen molar-refractivity contribution < 1.29 is 14.3 Å². The Morgan fingerprint density at radius 2 is 1.86 bits per heavy atom. The van der Waals surface area contributed by atoms with E-state index in [1.54, 1.807) is 37.2 Å². The van der Waals surface area contributed by atoms with Crippen LogP contribution in [0.4, 0.5) is 5.69 Å². The maximum atomic E-state index is 12.4. The van der Waals surface area contributed by atoms with Crippen LogP contribution in [0.3, 0.4) is 0 Å². The first kappa shape index (κ1) is 22.4. The van der Waals surface area contributed by atoms with E-state index in [1.165, 1.54) is 0 Å². The second-order valence-electron chi connectivity index (χ2n) is 6.77. The van der Waals surface area contributed by atoms with Crippen LogP contribution >= 0.6 is 12.2 Å². The average molecular weight is 414 g/mol. The number of rotatable bonds is 8.